The molecule has 0 spiro atoms. The van der Waals surface area contributed by atoms with Crippen molar-refractivity contribution in [3.05, 3.63) is 45.2 Å². The summed E-state index contributed by atoms with van der Waals surface area (Å²) in [7, 11) is 0. The van der Waals surface area contributed by atoms with E-state index in [9.17, 15) is 4.79 Å². The lowest BCUT2D eigenvalue weighted by atomic mass is 10.2. The largest absolute Gasteiger partial charge is 0.454 e. The fraction of sp³-hybridized carbons (Fsp3) is 0.231. The van der Waals surface area contributed by atoms with Crippen LogP contribution >= 0.6 is 11.3 Å². The second-order valence-corrected chi connectivity index (χ2v) is 4.94. The van der Waals surface area contributed by atoms with Gasteiger partial charge in [-0.05, 0) is 26.0 Å². The van der Waals surface area contributed by atoms with Crippen LogP contribution in [-0.4, -0.2) is 15.9 Å². The van der Waals surface area contributed by atoms with Gasteiger partial charge >= 0.3 is 5.97 Å². The van der Waals surface area contributed by atoms with E-state index in [-0.39, 0.29) is 12.3 Å². The third-order valence-corrected chi connectivity index (χ3v) is 3.26. The molecular weight excluding hydrogens is 262 g/mol. The van der Waals surface area contributed by atoms with Gasteiger partial charge in [0.05, 0.1) is 22.0 Å². The Kier molecular flexibility index (Phi) is 3.88. The van der Waals surface area contributed by atoms with Crippen molar-refractivity contribution in [3.8, 4) is 6.07 Å². The molecule has 0 atom stereocenters. The maximum Gasteiger partial charge on any atom is 0.357 e. The zero-order chi connectivity index (χ0) is 13.8. The van der Waals surface area contributed by atoms with Crippen LogP contribution in [0.1, 0.15) is 32.4 Å². The normalized spacial score (nSPS) is 9.95. The molecule has 2 aromatic heterocycles. The summed E-state index contributed by atoms with van der Waals surface area (Å²) in [5.74, 6) is -0.516. The van der Waals surface area contributed by atoms with Gasteiger partial charge in [0, 0.05) is 5.38 Å². The zero-order valence-corrected chi connectivity index (χ0v) is 11.3. The van der Waals surface area contributed by atoms with Crippen molar-refractivity contribution < 1.29 is 9.53 Å². The van der Waals surface area contributed by atoms with E-state index in [1.807, 2.05) is 18.4 Å². The SMILES string of the molecule is Cc1nc(COC(=O)c2ccc(C#N)c(C)n2)cs1. The first-order valence-electron chi connectivity index (χ1n) is 5.56. The van der Waals surface area contributed by atoms with Gasteiger partial charge in [0.25, 0.3) is 0 Å². The first-order chi connectivity index (χ1) is 9.10. The molecule has 0 amide bonds. The lowest BCUT2D eigenvalue weighted by molar-refractivity contribution is 0.0461. The molecule has 96 valence electrons. The highest BCUT2D eigenvalue weighted by molar-refractivity contribution is 7.09. The van der Waals surface area contributed by atoms with Crippen molar-refractivity contribution >= 4 is 17.3 Å². The van der Waals surface area contributed by atoms with Gasteiger partial charge in [-0.3, -0.25) is 0 Å². The molecule has 6 heteroatoms. The second-order valence-electron chi connectivity index (χ2n) is 3.88. The van der Waals surface area contributed by atoms with Gasteiger partial charge < -0.3 is 4.74 Å². The van der Waals surface area contributed by atoms with Crippen LogP contribution in [0.25, 0.3) is 0 Å². The average molecular weight is 273 g/mol. The predicted molar refractivity (Wildman–Crippen MR) is 69.7 cm³/mol. The zero-order valence-electron chi connectivity index (χ0n) is 10.5. The van der Waals surface area contributed by atoms with Crippen LogP contribution in [0.4, 0.5) is 0 Å². The van der Waals surface area contributed by atoms with Crippen molar-refractivity contribution in [2.45, 2.75) is 20.5 Å². The number of rotatable bonds is 3. The quantitative estimate of drug-likeness (QED) is 0.802. The van der Waals surface area contributed by atoms with Crippen molar-refractivity contribution in [2.75, 3.05) is 0 Å². The monoisotopic (exact) mass is 273 g/mol. The molecule has 0 N–H and O–H groups in total. The Hall–Kier alpha value is -2.26. The van der Waals surface area contributed by atoms with Crippen molar-refractivity contribution in [1.29, 1.82) is 5.26 Å². The van der Waals surface area contributed by atoms with Crippen LogP contribution < -0.4 is 0 Å². The first-order valence-corrected chi connectivity index (χ1v) is 6.44. The molecule has 0 bridgehead atoms. The number of hydrogen-bond acceptors (Lipinski definition) is 6. The lowest BCUT2D eigenvalue weighted by Crippen LogP contribution is -2.08. The third kappa shape index (κ3) is 3.14. The summed E-state index contributed by atoms with van der Waals surface area (Å²) >= 11 is 1.51. The molecule has 5 nitrogen and oxygen atoms in total. The van der Waals surface area contributed by atoms with E-state index in [2.05, 4.69) is 9.97 Å². The maximum atomic E-state index is 11.8. The number of thiazole rings is 1. The number of nitriles is 1. The van der Waals surface area contributed by atoms with Crippen molar-refractivity contribution in [3.63, 3.8) is 0 Å². The Morgan fingerprint density at radius 1 is 1.42 bits per heavy atom. The minimum atomic E-state index is -0.516. The van der Waals surface area contributed by atoms with E-state index in [0.717, 1.165) is 10.7 Å². The topological polar surface area (TPSA) is 75.9 Å². The number of pyridine rings is 1. The molecular formula is C13H11N3O2S. The van der Waals surface area contributed by atoms with Crippen LogP contribution in [0.15, 0.2) is 17.5 Å². The van der Waals surface area contributed by atoms with E-state index in [4.69, 9.17) is 10.00 Å². The molecule has 0 aliphatic rings. The van der Waals surface area contributed by atoms with E-state index in [1.54, 1.807) is 13.0 Å². The number of carbonyl (C=O) groups is 1. The third-order valence-electron chi connectivity index (χ3n) is 2.43. The number of carbonyl (C=O) groups excluding carboxylic acids is 1. The van der Waals surface area contributed by atoms with Crippen LogP contribution in [-0.2, 0) is 11.3 Å². The molecule has 0 aliphatic heterocycles. The fourth-order valence-corrected chi connectivity index (χ4v) is 2.08. The average Bonchev–Trinajstić information content (AvgIpc) is 2.81. The van der Waals surface area contributed by atoms with Crippen LogP contribution in [0.3, 0.4) is 0 Å². The minimum Gasteiger partial charge on any atom is -0.454 e. The van der Waals surface area contributed by atoms with E-state index >= 15 is 0 Å². The fourth-order valence-electron chi connectivity index (χ4n) is 1.48. The summed E-state index contributed by atoms with van der Waals surface area (Å²) in [5.41, 5.74) is 1.89. The van der Waals surface area contributed by atoms with Gasteiger partial charge in [-0.25, -0.2) is 14.8 Å². The van der Waals surface area contributed by atoms with E-state index in [0.29, 0.717) is 11.3 Å². The van der Waals surface area contributed by atoms with E-state index < -0.39 is 5.97 Å². The standard InChI is InChI=1S/C13H11N3O2S/c1-8-10(5-14)3-4-12(15-8)13(17)18-6-11-7-19-9(2)16-11/h3-4,7H,6H2,1-2H3. The lowest BCUT2D eigenvalue weighted by Gasteiger charge is -2.03. The molecule has 0 unspecified atom stereocenters. The number of aromatic nitrogens is 2. The summed E-state index contributed by atoms with van der Waals surface area (Å²) in [6.45, 7) is 3.70. The molecule has 2 heterocycles. The van der Waals surface area contributed by atoms with E-state index in [1.165, 1.54) is 17.4 Å². The molecule has 2 rings (SSSR count). The van der Waals surface area contributed by atoms with Crippen LogP contribution in [0.5, 0.6) is 0 Å². The summed E-state index contributed by atoms with van der Waals surface area (Å²) in [6, 6.07) is 5.05. The van der Waals surface area contributed by atoms with Crippen molar-refractivity contribution in [2.24, 2.45) is 0 Å². The number of esters is 1. The second kappa shape index (κ2) is 5.59. The van der Waals surface area contributed by atoms with Crippen LogP contribution in [0, 0.1) is 25.2 Å². The highest BCUT2D eigenvalue weighted by atomic mass is 32.1. The van der Waals surface area contributed by atoms with Crippen LogP contribution in [0.2, 0.25) is 0 Å². The minimum absolute atomic E-state index is 0.129. The van der Waals surface area contributed by atoms with Gasteiger partial charge in [-0.1, -0.05) is 0 Å². The summed E-state index contributed by atoms with van der Waals surface area (Å²) in [6.07, 6.45) is 0. The Morgan fingerprint density at radius 3 is 2.79 bits per heavy atom. The van der Waals surface area contributed by atoms with Crippen molar-refractivity contribution in [1.82, 2.24) is 9.97 Å². The molecule has 0 fully saturated rings. The Labute approximate surface area is 114 Å². The number of ether oxygens (including phenoxy) is 1. The molecule has 2 aromatic rings. The van der Waals surface area contributed by atoms with Gasteiger partial charge in [-0.2, -0.15) is 5.26 Å². The maximum absolute atomic E-state index is 11.8. The molecule has 0 aliphatic carbocycles. The first kappa shape index (κ1) is 13.2. The smallest absolute Gasteiger partial charge is 0.357 e. The summed E-state index contributed by atoms with van der Waals surface area (Å²) in [5, 5.41) is 11.6. The molecule has 0 saturated carbocycles. The Bertz CT molecular complexity index is 658. The number of aryl methyl sites for hydroxylation is 2. The van der Waals surface area contributed by atoms with Gasteiger partial charge in [0.2, 0.25) is 0 Å². The summed E-state index contributed by atoms with van der Waals surface area (Å²) < 4.78 is 5.12. The number of hydrogen-bond donors (Lipinski definition) is 0. The molecule has 19 heavy (non-hydrogen) atoms. The number of nitrogens with zero attached hydrogens (tertiary/aromatic N) is 3. The highest BCUT2D eigenvalue weighted by Crippen LogP contribution is 2.11. The van der Waals surface area contributed by atoms with Gasteiger partial charge in [0.1, 0.15) is 18.4 Å². The summed E-state index contributed by atoms with van der Waals surface area (Å²) in [4.78, 5) is 20.0. The van der Waals surface area contributed by atoms with Gasteiger partial charge in [-0.15, -0.1) is 11.3 Å². The molecule has 0 saturated heterocycles. The predicted octanol–water partition coefficient (Wildman–Crippen LogP) is 2.38. The molecule has 0 radical (unpaired) electrons. The Morgan fingerprint density at radius 2 is 2.21 bits per heavy atom. The highest BCUT2D eigenvalue weighted by Gasteiger charge is 2.11. The Balaban J connectivity index is 2.04. The van der Waals surface area contributed by atoms with Gasteiger partial charge in [0.15, 0.2) is 0 Å². The molecule has 0 aromatic carbocycles.